The van der Waals surface area contributed by atoms with Gasteiger partial charge < -0.3 is 10.2 Å². The Morgan fingerprint density at radius 2 is 2.00 bits per heavy atom. The summed E-state index contributed by atoms with van der Waals surface area (Å²) in [6, 6.07) is 2.77. The molecular weight excluding hydrogens is 343 g/mol. The van der Waals surface area contributed by atoms with E-state index in [-0.39, 0.29) is 23.7 Å². The molecule has 7 heteroatoms. The number of likely N-dealkylation sites (tertiary alicyclic amines) is 1. The van der Waals surface area contributed by atoms with E-state index in [0.717, 1.165) is 25.6 Å². The minimum atomic E-state index is -4.49. The summed E-state index contributed by atoms with van der Waals surface area (Å²) in [7, 11) is 3.98. The summed E-state index contributed by atoms with van der Waals surface area (Å²) in [6.07, 6.45) is -3.54. The standard InChI is InChI=1S/C19H28F3N3O/c1-12(2)23-18(26)14-8-13(3)16(17(9-14)19(20,21)22)11-25-7-6-15(10-25)24(4)5/h8-9,12,15H,6-7,10-11H2,1-5H3,(H,23,26)/t15-/m0/s1. The van der Waals surface area contributed by atoms with E-state index in [9.17, 15) is 18.0 Å². The highest BCUT2D eigenvalue weighted by Gasteiger charge is 2.36. The lowest BCUT2D eigenvalue weighted by Crippen LogP contribution is -2.32. The molecule has 1 fully saturated rings. The van der Waals surface area contributed by atoms with Gasteiger partial charge in [0.2, 0.25) is 0 Å². The summed E-state index contributed by atoms with van der Waals surface area (Å²) in [6.45, 7) is 6.97. The molecular formula is C19H28F3N3O. The first-order valence-electron chi connectivity index (χ1n) is 8.89. The third-order valence-corrected chi connectivity index (χ3v) is 4.82. The number of halogens is 3. The highest BCUT2D eigenvalue weighted by molar-refractivity contribution is 5.95. The number of nitrogens with one attached hydrogen (secondary N) is 1. The molecule has 0 unspecified atom stereocenters. The monoisotopic (exact) mass is 371 g/mol. The number of alkyl halides is 3. The number of carbonyl (C=O) groups is 1. The average molecular weight is 371 g/mol. The number of amides is 1. The van der Waals surface area contributed by atoms with Crippen LogP contribution in [0.3, 0.4) is 0 Å². The van der Waals surface area contributed by atoms with E-state index in [0.29, 0.717) is 11.6 Å². The van der Waals surface area contributed by atoms with Crippen LogP contribution in [0, 0.1) is 6.92 Å². The van der Waals surface area contributed by atoms with Crippen LogP contribution in [0.5, 0.6) is 0 Å². The van der Waals surface area contributed by atoms with Crippen LogP contribution in [-0.4, -0.2) is 55.0 Å². The van der Waals surface area contributed by atoms with Crippen molar-refractivity contribution in [2.24, 2.45) is 0 Å². The smallest absolute Gasteiger partial charge is 0.350 e. The largest absolute Gasteiger partial charge is 0.416 e. The van der Waals surface area contributed by atoms with Crippen molar-refractivity contribution in [3.8, 4) is 0 Å². The van der Waals surface area contributed by atoms with Crippen LogP contribution in [0.1, 0.15) is 47.3 Å². The second-order valence-electron chi connectivity index (χ2n) is 7.59. The molecule has 1 aromatic carbocycles. The maximum absolute atomic E-state index is 13.7. The van der Waals surface area contributed by atoms with E-state index in [1.807, 2.05) is 14.1 Å². The molecule has 4 nitrogen and oxygen atoms in total. The number of hydrogen-bond donors (Lipinski definition) is 1. The van der Waals surface area contributed by atoms with Gasteiger partial charge in [0.05, 0.1) is 5.56 Å². The van der Waals surface area contributed by atoms with Crippen molar-refractivity contribution in [2.75, 3.05) is 27.2 Å². The first-order valence-corrected chi connectivity index (χ1v) is 8.89. The van der Waals surface area contributed by atoms with E-state index in [1.54, 1.807) is 26.8 Å². The number of carbonyl (C=O) groups excluding carboxylic acids is 1. The van der Waals surface area contributed by atoms with Crippen molar-refractivity contribution in [3.63, 3.8) is 0 Å². The van der Waals surface area contributed by atoms with Crippen LogP contribution >= 0.6 is 0 Å². The minimum absolute atomic E-state index is 0.0554. The Hall–Kier alpha value is -1.60. The van der Waals surface area contributed by atoms with Crippen molar-refractivity contribution < 1.29 is 18.0 Å². The molecule has 1 aliphatic rings. The summed E-state index contributed by atoms with van der Waals surface area (Å²) >= 11 is 0. The van der Waals surface area contributed by atoms with Gasteiger partial charge in [-0.3, -0.25) is 9.69 Å². The lowest BCUT2D eigenvalue weighted by molar-refractivity contribution is -0.138. The molecule has 26 heavy (non-hydrogen) atoms. The summed E-state index contributed by atoms with van der Waals surface area (Å²) < 4.78 is 41.0. The van der Waals surface area contributed by atoms with Gasteiger partial charge in [-0.15, -0.1) is 0 Å². The fraction of sp³-hybridized carbons (Fsp3) is 0.632. The normalized spacial score (nSPS) is 18.8. The average Bonchev–Trinajstić information content (AvgIpc) is 2.96. The zero-order valence-corrected chi connectivity index (χ0v) is 16.1. The Bertz CT molecular complexity index is 656. The molecule has 1 atom stereocenters. The van der Waals surface area contributed by atoms with Gasteiger partial charge in [-0.2, -0.15) is 13.2 Å². The second-order valence-corrected chi connectivity index (χ2v) is 7.59. The zero-order valence-electron chi connectivity index (χ0n) is 16.1. The van der Waals surface area contributed by atoms with Crippen LogP contribution < -0.4 is 5.32 Å². The lowest BCUT2D eigenvalue weighted by atomic mass is 9.97. The van der Waals surface area contributed by atoms with Gasteiger partial charge in [-0.25, -0.2) is 0 Å². The number of hydrogen-bond acceptors (Lipinski definition) is 3. The highest BCUT2D eigenvalue weighted by atomic mass is 19.4. The molecule has 1 aromatic rings. The van der Waals surface area contributed by atoms with Gasteiger partial charge in [0.1, 0.15) is 0 Å². The fourth-order valence-electron chi connectivity index (χ4n) is 3.36. The molecule has 0 aliphatic carbocycles. The van der Waals surface area contributed by atoms with Crippen molar-refractivity contribution in [1.29, 1.82) is 0 Å². The Morgan fingerprint density at radius 3 is 2.50 bits per heavy atom. The van der Waals surface area contributed by atoms with Gasteiger partial charge >= 0.3 is 6.18 Å². The van der Waals surface area contributed by atoms with Crippen LogP contribution in [-0.2, 0) is 12.7 Å². The number of likely N-dealkylation sites (N-methyl/N-ethyl adjacent to an activating group) is 1. The molecule has 1 amide bonds. The molecule has 1 heterocycles. The number of benzene rings is 1. The molecule has 1 aliphatic heterocycles. The Balaban J connectivity index is 2.32. The summed E-state index contributed by atoms with van der Waals surface area (Å²) in [5, 5.41) is 2.65. The van der Waals surface area contributed by atoms with Crippen LogP contribution in [0.2, 0.25) is 0 Å². The summed E-state index contributed by atoms with van der Waals surface area (Å²) in [4.78, 5) is 16.3. The van der Waals surface area contributed by atoms with Crippen LogP contribution in [0.25, 0.3) is 0 Å². The van der Waals surface area contributed by atoms with E-state index in [4.69, 9.17) is 0 Å². The van der Waals surface area contributed by atoms with E-state index in [2.05, 4.69) is 15.1 Å². The predicted octanol–water partition coefficient (Wildman–Crippen LogP) is 3.29. The second kappa shape index (κ2) is 7.96. The first kappa shape index (κ1) is 20.7. The van der Waals surface area contributed by atoms with Crippen molar-refractivity contribution in [1.82, 2.24) is 15.1 Å². The lowest BCUT2D eigenvalue weighted by Gasteiger charge is -2.23. The van der Waals surface area contributed by atoms with Crippen LogP contribution in [0.4, 0.5) is 13.2 Å². The molecule has 2 rings (SSSR count). The summed E-state index contributed by atoms with van der Waals surface area (Å²) in [5.74, 6) is -0.478. The number of rotatable bonds is 5. The summed E-state index contributed by atoms with van der Waals surface area (Å²) in [5.41, 5.74) is 0.111. The first-order chi connectivity index (χ1) is 12.0. The third-order valence-electron chi connectivity index (χ3n) is 4.82. The molecule has 1 N–H and O–H groups in total. The molecule has 0 spiro atoms. The molecule has 0 saturated carbocycles. The van der Waals surface area contributed by atoms with E-state index >= 15 is 0 Å². The topological polar surface area (TPSA) is 35.6 Å². The minimum Gasteiger partial charge on any atom is -0.350 e. The quantitative estimate of drug-likeness (QED) is 0.863. The maximum atomic E-state index is 13.7. The number of nitrogens with zero attached hydrogens (tertiary/aromatic N) is 2. The SMILES string of the molecule is Cc1cc(C(=O)NC(C)C)cc(C(F)(F)F)c1CN1CC[C@H](N(C)C)C1. The Labute approximate surface area is 153 Å². The maximum Gasteiger partial charge on any atom is 0.416 e. The van der Waals surface area contributed by atoms with Crippen LogP contribution in [0.15, 0.2) is 12.1 Å². The third kappa shape index (κ3) is 4.98. The molecule has 146 valence electrons. The van der Waals surface area contributed by atoms with Gasteiger partial charge in [0, 0.05) is 37.3 Å². The molecule has 0 radical (unpaired) electrons. The molecule has 0 bridgehead atoms. The van der Waals surface area contributed by atoms with E-state index < -0.39 is 17.6 Å². The zero-order chi connectivity index (χ0) is 19.6. The number of aryl methyl sites for hydroxylation is 1. The van der Waals surface area contributed by atoms with Gasteiger partial charge in [-0.1, -0.05) is 0 Å². The van der Waals surface area contributed by atoms with Crippen molar-refractivity contribution in [2.45, 2.75) is 52.0 Å². The Kier molecular flexibility index (Phi) is 6.34. The van der Waals surface area contributed by atoms with Gasteiger partial charge in [0.25, 0.3) is 5.91 Å². The van der Waals surface area contributed by atoms with Crippen molar-refractivity contribution in [3.05, 3.63) is 34.4 Å². The highest BCUT2D eigenvalue weighted by Crippen LogP contribution is 2.35. The fourth-order valence-corrected chi connectivity index (χ4v) is 3.36. The Morgan fingerprint density at radius 1 is 1.35 bits per heavy atom. The van der Waals surface area contributed by atoms with Gasteiger partial charge in [0.15, 0.2) is 0 Å². The molecule has 0 aromatic heterocycles. The predicted molar refractivity (Wildman–Crippen MR) is 96.2 cm³/mol. The molecule has 1 saturated heterocycles. The van der Waals surface area contributed by atoms with Crippen molar-refractivity contribution >= 4 is 5.91 Å². The van der Waals surface area contributed by atoms with E-state index in [1.165, 1.54) is 0 Å². The van der Waals surface area contributed by atoms with Gasteiger partial charge in [-0.05, 0) is 64.5 Å².